The molecule has 2 aromatic carbocycles. The third-order valence-corrected chi connectivity index (χ3v) is 11.3. The van der Waals surface area contributed by atoms with Crippen LogP contribution in [-0.2, 0) is 0 Å². The lowest BCUT2D eigenvalue weighted by atomic mass is 10.0. The number of hydrogen-bond acceptors (Lipinski definition) is 2. The Labute approximate surface area is 236 Å². The van der Waals surface area contributed by atoms with Gasteiger partial charge in [-0.2, -0.15) is 4.39 Å². The van der Waals surface area contributed by atoms with Crippen molar-refractivity contribution in [3.63, 3.8) is 0 Å². The van der Waals surface area contributed by atoms with Gasteiger partial charge in [-0.3, -0.25) is 0 Å². The molecule has 3 aromatic rings. The summed E-state index contributed by atoms with van der Waals surface area (Å²) in [5.41, 5.74) is 1.41. The Morgan fingerprint density at radius 2 is 1.46 bits per heavy atom. The summed E-state index contributed by atoms with van der Waals surface area (Å²) >= 11 is 0. The van der Waals surface area contributed by atoms with Crippen LogP contribution in [-0.4, -0.2) is 19.7 Å². The van der Waals surface area contributed by atoms with Crippen molar-refractivity contribution in [1.82, 2.24) is 4.98 Å². The minimum Gasteiger partial charge on any atom is -0.494 e. The number of nitrogens with zero attached hydrogens (tertiary/aromatic N) is 1. The largest absolute Gasteiger partial charge is 0.494 e. The van der Waals surface area contributed by atoms with Crippen LogP contribution in [0.3, 0.4) is 0 Å². The van der Waals surface area contributed by atoms with Crippen LogP contribution in [0.25, 0.3) is 22.0 Å². The van der Waals surface area contributed by atoms with Crippen LogP contribution in [0.2, 0.25) is 25.2 Å². The van der Waals surface area contributed by atoms with E-state index in [-0.39, 0.29) is 5.56 Å². The van der Waals surface area contributed by atoms with Gasteiger partial charge in [-0.15, -0.1) is 0 Å². The van der Waals surface area contributed by atoms with Crippen LogP contribution in [0.4, 0.5) is 8.78 Å². The van der Waals surface area contributed by atoms with Crippen LogP contribution in [0.15, 0.2) is 48.5 Å². The van der Waals surface area contributed by atoms with Gasteiger partial charge in [0.05, 0.1) is 12.3 Å². The molecule has 2 nitrogen and oxygen atoms in total. The van der Waals surface area contributed by atoms with E-state index in [0.29, 0.717) is 12.1 Å². The van der Waals surface area contributed by atoms with Gasteiger partial charge in [-0.1, -0.05) is 115 Å². The Balaban J connectivity index is 1.51. The number of benzene rings is 2. The van der Waals surface area contributed by atoms with E-state index in [0.717, 1.165) is 60.8 Å². The zero-order valence-corrected chi connectivity index (χ0v) is 25.7. The molecule has 1 unspecified atom stereocenters. The summed E-state index contributed by atoms with van der Waals surface area (Å²) in [4.78, 5) is 4.11. The van der Waals surface area contributed by atoms with Crippen LogP contribution in [0.1, 0.15) is 96.2 Å². The number of fused-ring (bicyclic) bond motifs is 1. The SMILES string of the molecule is CCCCCCCC(F)c1ccc(-c2ccc3cc(OCCCCC[Si](C)(C)CCCC)ccc3c2)nc1F. The average molecular weight is 554 g/mol. The number of hydrogen-bond donors (Lipinski definition) is 0. The first-order valence-electron chi connectivity index (χ1n) is 15.3. The summed E-state index contributed by atoms with van der Waals surface area (Å²) < 4.78 is 35.4. The van der Waals surface area contributed by atoms with Gasteiger partial charge in [-0.25, -0.2) is 9.37 Å². The topological polar surface area (TPSA) is 22.1 Å². The molecule has 0 aliphatic heterocycles. The Morgan fingerprint density at radius 1 is 0.769 bits per heavy atom. The molecule has 0 spiro atoms. The summed E-state index contributed by atoms with van der Waals surface area (Å²) in [5, 5.41) is 2.12. The van der Waals surface area contributed by atoms with Gasteiger partial charge in [0.2, 0.25) is 5.95 Å². The summed E-state index contributed by atoms with van der Waals surface area (Å²) in [6, 6.07) is 18.2. The number of pyridine rings is 1. The fourth-order valence-electron chi connectivity index (χ4n) is 5.25. The highest BCUT2D eigenvalue weighted by Gasteiger charge is 2.19. The standard InChI is InChI=1S/C34H49F2NOSi/c1-5-7-9-10-12-15-32(35)31-20-21-33(37-34(31)36)29-17-16-28-26-30(19-18-27(28)25-29)38-22-13-11-14-24-39(3,4)23-8-6-2/h16-21,25-26,32H,5-15,22-24H2,1-4H3. The van der Waals surface area contributed by atoms with Gasteiger partial charge in [0.25, 0.3) is 0 Å². The van der Waals surface area contributed by atoms with E-state index in [1.165, 1.54) is 44.2 Å². The lowest BCUT2D eigenvalue weighted by Gasteiger charge is -2.21. The maximum absolute atomic E-state index is 14.7. The predicted molar refractivity (Wildman–Crippen MR) is 166 cm³/mol. The summed E-state index contributed by atoms with van der Waals surface area (Å²) in [7, 11) is -1.01. The first-order chi connectivity index (χ1) is 18.8. The molecular weight excluding hydrogens is 504 g/mol. The highest BCUT2D eigenvalue weighted by Crippen LogP contribution is 2.30. The van der Waals surface area contributed by atoms with E-state index >= 15 is 0 Å². The molecule has 0 radical (unpaired) electrons. The van der Waals surface area contributed by atoms with Crippen molar-refractivity contribution in [2.45, 2.75) is 116 Å². The average Bonchev–Trinajstić information content (AvgIpc) is 2.93. The number of halogens is 2. The molecule has 0 saturated heterocycles. The van der Waals surface area contributed by atoms with E-state index in [1.54, 1.807) is 12.1 Å². The van der Waals surface area contributed by atoms with Crippen molar-refractivity contribution in [2.24, 2.45) is 0 Å². The minimum absolute atomic E-state index is 0.0686. The Morgan fingerprint density at radius 3 is 2.23 bits per heavy atom. The quantitative estimate of drug-likeness (QED) is 0.0887. The number of unbranched alkanes of at least 4 members (excludes halogenated alkanes) is 7. The van der Waals surface area contributed by atoms with E-state index in [1.807, 2.05) is 30.3 Å². The zero-order valence-electron chi connectivity index (χ0n) is 24.7. The predicted octanol–water partition coefficient (Wildman–Crippen LogP) is 11.5. The Bertz CT molecular complexity index is 1150. The van der Waals surface area contributed by atoms with Gasteiger partial charge in [0.15, 0.2) is 0 Å². The maximum atomic E-state index is 14.7. The molecule has 5 heteroatoms. The molecule has 214 valence electrons. The lowest BCUT2D eigenvalue weighted by molar-refractivity contribution is 0.301. The van der Waals surface area contributed by atoms with Crippen molar-refractivity contribution in [2.75, 3.05) is 6.61 Å². The van der Waals surface area contributed by atoms with Gasteiger partial charge in [0, 0.05) is 19.2 Å². The van der Waals surface area contributed by atoms with Crippen molar-refractivity contribution >= 4 is 18.8 Å². The summed E-state index contributed by atoms with van der Waals surface area (Å²) in [5.74, 6) is 0.175. The smallest absolute Gasteiger partial charge is 0.219 e. The Kier molecular flexibility index (Phi) is 12.9. The molecule has 0 aliphatic carbocycles. The summed E-state index contributed by atoms with van der Waals surface area (Å²) in [6.07, 6.45) is 10.5. The zero-order chi connectivity index (χ0) is 28.1. The highest BCUT2D eigenvalue weighted by atomic mass is 28.3. The molecule has 0 bridgehead atoms. The normalized spacial score (nSPS) is 12.7. The third-order valence-electron chi connectivity index (χ3n) is 7.86. The highest BCUT2D eigenvalue weighted by molar-refractivity contribution is 6.77. The molecule has 0 amide bonds. The third kappa shape index (κ3) is 10.3. The maximum Gasteiger partial charge on any atom is 0.219 e. The monoisotopic (exact) mass is 553 g/mol. The molecule has 3 rings (SSSR count). The molecule has 1 heterocycles. The number of alkyl halides is 1. The first-order valence-corrected chi connectivity index (χ1v) is 18.7. The van der Waals surface area contributed by atoms with E-state index in [4.69, 9.17) is 4.74 Å². The molecule has 0 N–H and O–H groups in total. The van der Waals surface area contributed by atoms with Gasteiger partial charge in [-0.05, 0) is 53.9 Å². The second-order valence-electron chi connectivity index (χ2n) is 11.9. The second kappa shape index (κ2) is 16.1. The minimum atomic E-state index is -1.30. The van der Waals surface area contributed by atoms with Gasteiger partial charge in [0.1, 0.15) is 11.9 Å². The molecule has 1 aromatic heterocycles. The molecule has 0 aliphatic rings. The van der Waals surface area contributed by atoms with Crippen molar-refractivity contribution in [3.05, 3.63) is 60.0 Å². The molecule has 0 fully saturated rings. The van der Waals surface area contributed by atoms with Crippen LogP contribution in [0, 0.1) is 5.95 Å². The Hall–Kier alpha value is -2.27. The molecule has 39 heavy (non-hydrogen) atoms. The number of rotatable bonds is 18. The van der Waals surface area contributed by atoms with Crippen LogP contribution in [0.5, 0.6) is 5.75 Å². The van der Waals surface area contributed by atoms with E-state index in [2.05, 4.69) is 38.0 Å². The van der Waals surface area contributed by atoms with E-state index < -0.39 is 20.2 Å². The lowest BCUT2D eigenvalue weighted by Crippen LogP contribution is -2.24. The first kappa shape index (κ1) is 31.3. The number of ether oxygens (including phenoxy) is 1. The molecular formula is C34H49F2NOSi. The number of aromatic nitrogens is 1. The fourth-order valence-corrected chi connectivity index (χ4v) is 8.02. The van der Waals surface area contributed by atoms with Crippen molar-refractivity contribution in [1.29, 1.82) is 0 Å². The fraction of sp³-hybridized carbons (Fsp3) is 0.559. The van der Waals surface area contributed by atoms with Gasteiger partial charge < -0.3 is 4.74 Å². The van der Waals surface area contributed by atoms with Crippen molar-refractivity contribution in [3.8, 4) is 17.0 Å². The second-order valence-corrected chi connectivity index (χ2v) is 17.2. The van der Waals surface area contributed by atoms with E-state index in [9.17, 15) is 8.78 Å². The summed E-state index contributed by atoms with van der Waals surface area (Å²) in [6.45, 7) is 10.2. The van der Waals surface area contributed by atoms with Crippen LogP contribution < -0.4 is 4.74 Å². The van der Waals surface area contributed by atoms with Crippen LogP contribution >= 0.6 is 0 Å². The molecule has 1 atom stereocenters. The van der Waals surface area contributed by atoms with Gasteiger partial charge >= 0.3 is 0 Å². The van der Waals surface area contributed by atoms with Crippen molar-refractivity contribution < 1.29 is 13.5 Å². The molecule has 0 saturated carbocycles.